The molecule has 32 heavy (non-hydrogen) atoms. The Labute approximate surface area is 188 Å². The van der Waals surface area contributed by atoms with Crippen LogP contribution in [0.1, 0.15) is 43.2 Å². The SMILES string of the molecule is N#Cc1ccc(/C=N\n2c(-c3ccc(OC(F)F)cc3)csc2=NC2CCCCC2)cc1. The number of nitriles is 1. The van der Waals surface area contributed by atoms with Gasteiger partial charge in [0, 0.05) is 10.9 Å². The van der Waals surface area contributed by atoms with Crippen LogP contribution < -0.4 is 9.54 Å². The third kappa shape index (κ3) is 5.48. The number of thiazole rings is 1. The Morgan fingerprint density at radius 2 is 1.78 bits per heavy atom. The second-order valence-corrected chi connectivity index (χ2v) is 8.35. The van der Waals surface area contributed by atoms with Crippen LogP contribution in [0.15, 0.2) is 64.0 Å². The Morgan fingerprint density at radius 3 is 2.44 bits per heavy atom. The van der Waals surface area contributed by atoms with Crippen molar-refractivity contribution in [2.24, 2.45) is 10.1 Å². The van der Waals surface area contributed by atoms with Gasteiger partial charge in [-0.25, -0.2) is 4.68 Å². The van der Waals surface area contributed by atoms with Crippen LogP contribution in [0.5, 0.6) is 5.75 Å². The molecule has 164 valence electrons. The van der Waals surface area contributed by atoms with Crippen molar-refractivity contribution in [1.29, 1.82) is 5.26 Å². The average Bonchev–Trinajstić information content (AvgIpc) is 3.21. The molecule has 0 aliphatic heterocycles. The van der Waals surface area contributed by atoms with Crippen LogP contribution in [0.3, 0.4) is 0 Å². The van der Waals surface area contributed by atoms with E-state index in [1.54, 1.807) is 35.2 Å². The van der Waals surface area contributed by atoms with E-state index < -0.39 is 6.61 Å². The van der Waals surface area contributed by atoms with E-state index in [1.165, 1.54) is 42.7 Å². The average molecular weight is 453 g/mol. The van der Waals surface area contributed by atoms with Crippen LogP contribution in [0.4, 0.5) is 8.78 Å². The van der Waals surface area contributed by atoms with Crippen molar-refractivity contribution in [3.05, 3.63) is 69.8 Å². The predicted molar refractivity (Wildman–Crippen MR) is 121 cm³/mol. The molecular formula is C24H22F2N4OS. The summed E-state index contributed by atoms with van der Waals surface area (Å²) in [4.78, 5) is 5.76. The van der Waals surface area contributed by atoms with E-state index in [-0.39, 0.29) is 11.8 Å². The first kappa shape index (κ1) is 21.9. The summed E-state index contributed by atoms with van der Waals surface area (Å²) in [6.07, 6.45) is 7.51. The number of benzene rings is 2. The molecule has 0 N–H and O–H groups in total. The molecular weight excluding hydrogens is 430 g/mol. The van der Waals surface area contributed by atoms with Gasteiger partial charge in [-0.05, 0) is 54.8 Å². The van der Waals surface area contributed by atoms with Crippen molar-refractivity contribution < 1.29 is 13.5 Å². The Kier molecular flexibility index (Phi) is 7.07. The lowest BCUT2D eigenvalue weighted by molar-refractivity contribution is -0.0498. The highest BCUT2D eigenvalue weighted by molar-refractivity contribution is 7.07. The van der Waals surface area contributed by atoms with Crippen LogP contribution in [0.25, 0.3) is 11.3 Å². The Morgan fingerprint density at radius 1 is 1.06 bits per heavy atom. The van der Waals surface area contributed by atoms with Gasteiger partial charge in [0.05, 0.1) is 29.6 Å². The zero-order valence-electron chi connectivity index (χ0n) is 17.3. The molecule has 0 unspecified atom stereocenters. The molecule has 1 saturated carbocycles. The molecule has 0 saturated heterocycles. The monoisotopic (exact) mass is 452 g/mol. The first-order valence-electron chi connectivity index (χ1n) is 10.5. The normalized spacial score (nSPS) is 15.4. The first-order valence-corrected chi connectivity index (χ1v) is 11.3. The molecule has 1 aromatic heterocycles. The highest BCUT2D eigenvalue weighted by Gasteiger charge is 2.14. The summed E-state index contributed by atoms with van der Waals surface area (Å²) in [5.41, 5.74) is 3.09. The number of alkyl halides is 2. The highest BCUT2D eigenvalue weighted by Crippen LogP contribution is 2.25. The van der Waals surface area contributed by atoms with Crippen molar-refractivity contribution in [2.75, 3.05) is 0 Å². The van der Waals surface area contributed by atoms with Gasteiger partial charge >= 0.3 is 6.61 Å². The molecule has 1 heterocycles. The minimum Gasteiger partial charge on any atom is -0.435 e. The van der Waals surface area contributed by atoms with Gasteiger partial charge < -0.3 is 4.74 Å². The Bertz CT molecular complexity index is 1170. The lowest BCUT2D eigenvalue weighted by atomic mass is 9.96. The third-order valence-electron chi connectivity index (χ3n) is 5.29. The van der Waals surface area contributed by atoms with Gasteiger partial charge in [-0.15, -0.1) is 11.3 Å². The first-order chi connectivity index (χ1) is 15.6. The lowest BCUT2D eigenvalue weighted by Gasteiger charge is -2.16. The second-order valence-electron chi connectivity index (χ2n) is 7.52. The Balaban J connectivity index is 1.70. The molecule has 1 aliphatic rings. The van der Waals surface area contributed by atoms with Crippen LogP contribution in [0, 0.1) is 11.3 Å². The molecule has 0 atom stereocenters. The number of aromatic nitrogens is 1. The molecule has 1 fully saturated rings. The van der Waals surface area contributed by atoms with Gasteiger partial charge in [0.1, 0.15) is 5.75 Å². The smallest absolute Gasteiger partial charge is 0.387 e. The number of nitrogens with zero attached hydrogens (tertiary/aromatic N) is 4. The maximum atomic E-state index is 12.5. The van der Waals surface area contributed by atoms with Crippen LogP contribution in [-0.4, -0.2) is 23.5 Å². The van der Waals surface area contributed by atoms with Crippen molar-refractivity contribution in [3.63, 3.8) is 0 Å². The van der Waals surface area contributed by atoms with Crippen molar-refractivity contribution in [3.8, 4) is 23.1 Å². The van der Waals surface area contributed by atoms with Crippen molar-refractivity contribution >= 4 is 17.6 Å². The standard InChI is InChI=1S/C24H22F2N4OS/c25-23(26)31-21-12-10-19(11-13-21)22-16-32-24(29-20-4-2-1-3-5-20)30(22)28-15-18-8-6-17(14-27)7-9-18/h6-13,15-16,20,23H,1-5H2/b28-15-,29-24?. The third-order valence-corrected chi connectivity index (χ3v) is 6.12. The van der Waals surface area contributed by atoms with E-state index in [0.717, 1.165) is 34.5 Å². The zero-order valence-corrected chi connectivity index (χ0v) is 18.1. The lowest BCUT2D eigenvalue weighted by Crippen LogP contribution is -2.19. The summed E-state index contributed by atoms with van der Waals surface area (Å²) in [7, 11) is 0. The van der Waals surface area contributed by atoms with Gasteiger partial charge in [0.15, 0.2) is 0 Å². The number of rotatable bonds is 6. The van der Waals surface area contributed by atoms with Gasteiger partial charge in [-0.1, -0.05) is 31.4 Å². The number of hydrogen-bond donors (Lipinski definition) is 0. The fourth-order valence-corrected chi connectivity index (χ4v) is 4.55. The Hall–Kier alpha value is -3.31. The van der Waals surface area contributed by atoms with Crippen LogP contribution in [-0.2, 0) is 0 Å². The fraction of sp³-hybridized carbons (Fsp3) is 0.292. The largest absolute Gasteiger partial charge is 0.435 e. The summed E-state index contributed by atoms with van der Waals surface area (Å²) < 4.78 is 31.2. The molecule has 4 rings (SSSR count). The molecule has 5 nitrogen and oxygen atoms in total. The van der Waals surface area contributed by atoms with E-state index in [1.807, 2.05) is 17.5 Å². The van der Waals surface area contributed by atoms with Gasteiger partial charge in [-0.2, -0.15) is 19.1 Å². The molecule has 0 amide bonds. The van der Waals surface area contributed by atoms with Gasteiger partial charge in [-0.3, -0.25) is 4.99 Å². The number of hydrogen-bond acceptors (Lipinski definition) is 5. The van der Waals surface area contributed by atoms with Crippen molar-refractivity contribution in [2.45, 2.75) is 44.8 Å². The van der Waals surface area contributed by atoms with Gasteiger partial charge in [0.25, 0.3) is 0 Å². The molecule has 3 aromatic rings. The number of halogens is 2. The minimum atomic E-state index is -2.86. The minimum absolute atomic E-state index is 0.110. The summed E-state index contributed by atoms with van der Waals surface area (Å²) in [6, 6.07) is 16.1. The predicted octanol–water partition coefficient (Wildman–Crippen LogP) is 5.81. The number of ether oxygens (including phenoxy) is 1. The maximum absolute atomic E-state index is 12.5. The van der Waals surface area contributed by atoms with E-state index in [4.69, 9.17) is 10.3 Å². The molecule has 0 bridgehead atoms. The summed E-state index contributed by atoms with van der Waals surface area (Å²) >= 11 is 1.51. The van der Waals surface area contributed by atoms with Crippen LogP contribution in [0.2, 0.25) is 0 Å². The maximum Gasteiger partial charge on any atom is 0.387 e. The quantitative estimate of drug-likeness (QED) is 0.444. The van der Waals surface area contributed by atoms with E-state index in [0.29, 0.717) is 5.56 Å². The van der Waals surface area contributed by atoms with E-state index in [9.17, 15) is 8.78 Å². The van der Waals surface area contributed by atoms with Crippen molar-refractivity contribution in [1.82, 2.24) is 4.68 Å². The summed E-state index contributed by atoms with van der Waals surface area (Å²) in [5, 5.41) is 15.6. The highest BCUT2D eigenvalue weighted by atomic mass is 32.1. The van der Waals surface area contributed by atoms with Gasteiger partial charge in [0.2, 0.25) is 4.80 Å². The van der Waals surface area contributed by atoms with Crippen LogP contribution >= 0.6 is 11.3 Å². The fourth-order valence-electron chi connectivity index (χ4n) is 3.64. The molecule has 1 aliphatic carbocycles. The molecule has 2 aromatic carbocycles. The molecule has 8 heteroatoms. The second kappa shape index (κ2) is 10.3. The summed E-state index contributed by atoms with van der Waals surface area (Å²) in [5.74, 6) is 0.110. The molecule has 0 radical (unpaired) electrons. The van der Waals surface area contributed by atoms with E-state index in [2.05, 4.69) is 15.9 Å². The molecule has 0 spiro atoms. The van der Waals surface area contributed by atoms with E-state index >= 15 is 0 Å². The zero-order chi connectivity index (χ0) is 22.3. The topological polar surface area (TPSA) is 62.7 Å². The summed E-state index contributed by atoms with van der Waals surface area (Å²) in [6.45, 7) is -2.86.